The van der Waals surface area contributed by atoms with E-state index in [1.165, 1.54) is 0 Å². The zero-order chi connectivity index (χ0) is 13.9. The van der Waals surface area contributed by atoms with Crippen molar-refractivity contribution in [1.29, 1.82) is 0 Å². The molecule has 104 valence electrons. The molecular formula is C12H17N3O3S. The molecule has 7 heteroatoms. The zero-order valence-corrected chi connectivity index (χ0v) is 11.5. The van der Waals surface area contributed by atoms with Crippen molar-refractivity contribution in [3.05, 3.63) is 24.0 Å². The molecule has 1 aromatic rings. The van der Waals surface area contributed by atoms with E-state index >= 15 is 0 Å². The summed E-state index contributed by atoms with van der Waals surface area (Å²) in [5, 5.41) is 5.38. The number of nitrogens with zero attached hydrogens (tertiary/aromatic N) is 1. The number of sulfone groups is 1. The van der Waals surface area contributed by atoms with E-state index < -0.39 is 9.84 Å². The lowest BCUT2D eigenvalue weighted by Crippen LogP contribution is -2.33. The minimum absolute atomic E-state index is 0.0231. The van der Waals surface area contributed by atoms with Crippen LogP contribution in [0.15, 0.2) is 18.3 Å². The Morgan fingerprint density at radius 1 is 1.53 bits per heavy atom. The quantitative estimate of drug-likeness (QED) is 0.864. The predicted molar refractivity (Wildman–Crippen MR) is 72.8 cm³/mol. The number of pyridine rings is 1. The highest BCUT2D eigenvalue weighted by Gasteiger charge is 2.27. The van der Waals surface area contributed by atoms with Gasteiger partial charge in [-0.15, -0.1) is 0 Å². The Morgan fingerprint density at radius 3 is 2.95 bits per heavy atom. The fraction of sp³-hybridized carbons (Fsp3) is 0.500. The first-order valence-corrected chi connectivity index (χ1v) is 7.95. The van der Waals surface area contributed by atoms with Crippen molar-refractivity contribution in [2.24, 2.45) is 5.92 Å². The first-order chi connectivity index (χ1) is 8.94. The molecule has 0 aromatic carbocycles. The molecule has 0 radical (unpaired) electrons. The number of urea groups is 1. The van der Waals surface area contributed by atoms with Gasteiger partial charge in [0, 0.05) is 24.1 Å². The fourth-order valence-electron chi connectivity index (χ4n) is 2.07. The highest BCUT2D eigenvalue weighted by Crippen LogP contribution is 2.17. The van der Waals surface area contributed by atoms with E-state index in [1.54, 1.807) is 18.3 Å². The van der Waals surface area contributed by atoms with Crippen molar-refractivity contribution < 1.29 is 13.2 Å². The van der Waals surface area contributed by atoms with Crippen LogP contribution < -0.4 is 10.6 Å². The van der Waals surface area contributed by atoms with Gasteiger partial charge in [0.1, 0.15) is 0 Å². The summed E-state index contributed by atoms with van der Waals surface area (Å²) in [6, 6.07) is 3.14. The summed E-state index contributed by atoms with van der Waals surface area (Å²) in [5.74, 6) is 0.418. The number of nitrogens with one attached hydrogen (secondary N) is 2. The van der Waals surface area contributed by atoms with E-state index in [2.05, 4.69) is 15.6 Å². The van der Waals surface area contributed by atoms with Crippen LogP contribution in [-0.4, -0.2) is 37.5 Å². The number of aromatic nitrogens is 1. The Morgan fingerprint density at radius 2 is 2.32 bits per heavy atom. The summed E-state index contributed by atoms with van der Waals surface area (Å²) in [6.07, 6.45) is 2.24. The predicted octanol–water partition coefficient (Wildman–Crippen LogP) is 0.946. The normalized spacial score (nSPS) is 21.0. The van der Waals surface area contributed by atoms with Gasteiger partial charge in [0.15, 0.2) is 9.84 Å². The molecule has 1 aliphatic rings. The summed E-state index contributed by atoms with van der Waals surface area (Å²) in [7, 11) is -2.89. The van der Waals surface area contributed by atoms with Crippen molar-refractivity contribution in [2.45, 2.75) is 13.3 Å². The van der Waals surface area contributed by atoms with Crippen LogP contribution >= 0.6 is 0 Å². The topological polar surface area (TPSA) is 88.2 Å². The van der Waals surface area contributed by atoms with Crippen molar-refractivity contribution in [3.8, 4) is 0 Å². The molecule has 1 aliphatic heterocycles. The van der Waals surface area contributed by atoms with Crippen LogP contribution in [0.25, 0.3) is 0 Å². The Bertz CT molecular complexity index is 571. The van der Waals surface area contributed by atoms with Crippen LogP contribution in [0.4, 0.5) is 10.5 Å². The Kier molecular flexibility index (Phi) is 4.04. The number of anilines is 1. The molecule has 0 spiro atoms. The van der Waals surface area contributed by atoms with E-state index in [0.717, 1.165) is 5.69 Å². The number of hydrogen-bond acceptors (Lipinski definition) is 4. The van der Waals surface area contributed by atoms with Crippen LogP contribution in [0.1, 0.15) is 12.1 Å². The number of hydrogen-bond donors (Lipinski definition) is 2. The maximum absolute atomic E-state index is 11.6. The van der Waals surface area contributed by atoms with E-state index in [9.17, 15) is 13.2 Å². The molecule has 19 heavy (non-hydrogen) atoms. The Labute approximate surface area is 112 Å². The molecule has 2 heterocycles. The smallest absolute Gasteiger partial charge is 0.319 e. The summed E-state index contributed by atoms with van der Waals surface area (Å²) in [4.78, 5) is 15.7. The lowest BCUT2D eigenvalue weighted by molar-refractivity contribution is 0.250. The summed E-state index contributed by atoms with van der Waals surface area (Å²) in [5.41, 5.74) is 1.49. The minimum atomic E-state index is -2.89. The maximum atomic E-state index is 11.6. The minimum Gasteiger partial charge on any atom is -0.338 e. The molecule has 2 amide bonds. The molecule has 6 nitrogen and oxygen atoms in total. The highest BCUT2D eigenvalue weighted by molar-refractivity contribution is 7.91. The molecule has 2 N–H and O–H groups in total. The number of aryl methyl sites for hydroxylation is 1. The molecule has 0 bridgehead atoms. The molecule has 1 fully saturated rings. The third kappa shape index (κ3) is 4.20. The third-order valence-corrected chi connectivity index (χ3v) is 4.87. The van der Waals surface area contributed by atoms with Crippen molar-refractivity contribution in [3.63, 3.8) is 0 Å². The lowest BCUT2D eigenvalue weighted by Gasteiger charge is -2.11. The summed E-state index contributed by atoms with van der Waals surface area (Å²) >= 11 is 0. The maximum Gasteiger partial charge on any atom is 0.319 e. The van der Waals surface area contributed by atoms with Gasteiger partial charge in [-0.1, -0.05) is 0 Å². The number of carbonyl (C=O) groups excluding carboxylic acids is 1. The van der Waals surface area contributed by atoms with Gasteiger partial charge in [-0.2, -0.15) is 0 Å². The van der Waals surface area contributed by atoms with Crippen LogP contribution in [0.5, 0.6) is 0 Å². The third-order valence-electron chi connectivity index (χ3n) is 3.03. The van der Waals surface area contributed by atoms with Gasteiger partial charge in [0.05, 0.1) is 11.5 Å². The van der Waals surface area contributed by atoms with Gasteiger partial charge >= 0.3 is 6.03 Å². The van der Waals surface area contributed by atoms with Gasteiger partial charge in [0.25, 0.3) is 0 Å². The van der Waals surface area contributed by atoms with E-state index in [1.807, 2.05) is 6.92 Å². The molecule has 2 rings (SSSR count). The first-order valence-electron chi connectivity index (χ1n) is 6.12. The van der Waals surface area contributed by atoms with Crippen LogP contribution in [0, 0.1) is 12.8 Å². The molecule has 1 unspecified atom stereocenters. The summed E-state index contributed by atoms with van der Waals surface area (Å²) in [6.45, 7) is 2.22. The van der Waals surface area contributed by atoms with Gasteiger partial charge in [-0.3, -0.25) is 4.98 Å². The second-order valence-corrected chi connectivity index (χ2v) is 7.02. The SMILES string of the molecule is Cc1cc(NC(=O)NCC2CCS(=O)(=O)C2)ccn1. The Hall–Kier alpha value is -1.63. The highest BCUT2D eigenvalue weighted by atomic mass is 32.2. The average molecular weight is 283 g/mol. The molecule has 1 atom stereocenters. The largest absolute Gasteiger partial charge is 0.338 e. The van der Waals surface area contributed by atoms with Crippen LogP contribution in [0.3, 0.4) is 0 Å². The van der Waals surface area contributed by atoms with E-state index in [0.29, 0.717) is 18.7 Å². The first kappa shape index (κ1) is 13.8. The zero-order valence-electron chi connectivity index (χ0n) is 10.7. The van der Waals surface area contributed by atoms with Gasteiger partial charge < -0.3 is 10.6 Å². The van der Waals surface area contributed by atoms with Crippen molar-refractivity contribution in [1.82, 2.24) is 10.3 Å². The van der Waals surface area contributed by atoms with E-state index in [4.69, 9.17) is 0 Å². The number of rotatable bonds is 3. The Balaban J connectivity index is 1.79. The molecule has 1 saturated heterocycles. The molecule has 0 aliphatic carbocycles. The average Bonchev–Trinajstić information content (AvgIpc) is 2.66. The number of amides is 2. The summed E-state index contributed by atoms with van der Waals surface area (Å²) < 4.78 is 22.6. The second-order valence-electron chi connectivity index (χ2n) is 4.79. The van der Waals surface area contributed by atoms with Crippen molar-refractivity contribution >= 4 is 21.6 Å². The van der Waals surface area contributed by atoms with Gasteiger partial charge in [-0.25, -0.2) is 13.2 Å². The molecule has 0 saturated carbocycles. The van der Waals surface area contributed by atoms with Gasteiger partial charge in [0.2, 0.25) is 0 Å². The molecule has 1 aromatic heterocycles. The van der Waals surface area contributed by atoms with Crippen LogP contribution in [-0.2, 0) is 9.84 Å². The number of carbonyl (C=O) groups is 1. The van der Waals surface area contributed by atoms with Gasteiger partial charge in [-0.05, 0) is 31.4 Å². The molecular weight excluding hydrogens is 266 g/mol. The second kappa shape index (κ2) is 5.56. The van der Waals surface area contributed by atoms with Crippen molar-refractivity contribution in [2.75, 3.05) is 23.4 Å². The van der Waals surface area contributed by atoms with E-state index in [-0.39, 0.29) is 23.5 Å². The standard InChI is InChI=1S/C12H17N3O3S/c1-9-6-11(2-4-13-9)15-12(16)14-7-10-3-5-19(17,18)8-10/h2,4,6,10H,3,5,7-8H2,1H3,(H2,13,14,15,16). The fourth-order valence-corrected chi connectivity index (χ4v) is 3.93. The monoisotopic (exact) mass is 283 g/mol. The van der Waals surface area contributed by atoms with Crippen LogP contribution in [0.2, 0.25) is 0 Å². The lowest BCUT2D eigenvalue weighted by atomic mass is 10.1.